The van der Waals surface area contributed by atoms with Crippen LogP contribution < -0.4 is 9.47 Å². The van der Waals surface area contributed by atoms with E-state index in [0.717, 1.165) is 12.1 Å². The predicted molar refractivity (Wildman–Crippen MR) is 111 cm³/mol. The Morgan fingerprint density at radius 1 is 1.05 bits per heavy atom. The summed E-state index contributed by atoms with van der Waals surface area (Å²) in [7, 11) is 0. The van der Waals surface area contributed by atoms with Crippen LogP contribution in [0.1, 0.15) is 31.9 Å². The van der Waals surface area contributed by atoms with Crippen LogP contribution in [0.5, 0.6) is 11.5 Å². The van der Waals surface area contributed by atoms with Gasteiger partial charge in [0.05, 0.1) is 5.57 Å². The van der Waals surface area contributed by atoms with E-state index < -0.39 is 78.3 Å². The topological polar surface area (TPSA) is 133 Å². The van der Waals surface area contributed by atoms with Crippen LogP contribution in [0.4, 0.5) is 31.1 Å². The lowest BCUT2D eigenvalue weighted by Crippen LogP contribution is -2.41. The molecule has 0 saturated carbocycles. The maximum atomic E-state index is 13.7. The molecule has 0 saturated heterocycles. The summed E-state index contributed by atoms with van der Waals surface area (Å²) >= 11 is 0. The summed E-state index contributed by atoms with van der Waals surface area (Å²) in [6.07, 6.45) is -13.9. The van der Waals surface area contributed by atoms with Gasteiger partial charge in [0.25, 0.3) is 5.09 Å². The van der Waals surface area contributed by atoms with Crippen molar-refractivity contribution in [3.8, 4) is 11.5 Å². The number of carbonyl (C=O) groups is 2. The molecule has 1 heterocycles. The molecule has 11 nitrogen and oxygen atoms in total. The quantitative estimate of drug-likeness (QED) is 0.130. The summed E-state index contributed by atoms with van der Waals surface area (Å²) in [4.78, 5) is 38.5. The Bertz CT molecular complexity index is 1080. The van der Waals surface area contributed by atoms with Crippen molar-refractivity contribution < 1.29 is 69.5 Å². The van der Waals surface area contributed by atoms with Crippen molar-refractivity contribution in [2.75, 3.05) is 20.0 Å². The van der Waals surface area contributed by atoms with Crippen LogP contribution in [0.25, 0.3) is 6.08 Å². The van der Waals surface area contributed by atoms with Crippen LogP contribution in [-0.2, 0) is 30.3 Å². The van der Waals surface area contributed by atoms with Gasteiger partial charge in [-0.2, -0.15) is 13.2 Å². The largest absolute Gasteiger partial charge is 0.573 e. The van der Waals surface area contributed by atoms with Crippen molar-refractivity contribution >= 4 is 18.2 Å². The fraction of sp³-hybridized carbons (Fsp3) is 0.524. The Labute approximate surface area is 210 Å². The number of alkyl halides is 6. The third-order valence-corrected chi connectivity index (χ3v) is 4.65. The van der Waals surface area contributed by atoms with E-state index in [1.807, 2.05) is 0 Å². The standard InChI is InChI=1S/C21H21F6NO10/c1-4-11-5-13(38-21(25,26)27)6-12-7-14(16(20(22,23)24)37-15(11)12)17(29)34-10-35-18(30)33-8-19(2,3)9-36-28(31)32/h5-7,16H,4,8-10H2,1-3H3. The van der Waals surface area contributed by atoms with E-state index in [4.69, 9.17) is 4.74 Å². The Hall–Kier alpha value is -3.92. The normalized spacial score (nSPS) is 15.4. The van der Waals surface area contributed by atoms with Gasteiger partial charge in [-0.05, 0) is 30.2 Å². The highest BCUT2D eigenvalue weighted by Gasteiger charge is 2.49. The lowest BCUT2D eigenvalue weighted by Gasteiger charge is -2.29. The van der Waals surface area contributed by atoms with Gasteiger partial charge in [0.1, 0.15) is 24.7 Å². The average molecular weight is 561 g/mol. The molecule has 1 aliphatic rings. The first kappa shape index (κ1) is 30.3. The predicted octanol–water partition coefficient (Wildman–Crippen LogP) is 4.74. The van der Waals surface area contributed by atoms with Crippen molar-refractivity contribution in [1.29, 1.82) is 0 Å². The zero-order chi connectivity index (χ0) is 28.9. The number of fused-ring (bicyclic) bond motifs is 1. The second-order valence-electron chi connectivity index (χ2n) is 8.44. The molecule has 1 aromatic carbocycles. The molecule has 1 atom stereocenters. The highest BCUT2D eigenvalue weighted by molar-refractivity contribution is 5.96. The molecule has 0 N–H and O–H groups in total. The van der Waals surface area contributed by atoms with E-state index in [0.29, 0.717) is 6.08 Å². The first-order valence-electron chi connectivity index (χ1n) is 10.5. The minimum Gasteiger partial charge on any atom is -0.475 e. The molecule has 0 fully saturated rings. The maximum absolute atomic E-state index is 13.7. The molecule has 2 rings (SSSR count). The van der Waals surface area contributed by atoms with Gasteiger partial charge in [-0.3, -0.25) is 0 Å². The van der Waals surface area contributed by atoms with E-state index in [9.17, 15) is 46.0 Å². The molecule has 0 spiro atoms. The van der Waals surface area contributed by atoms with E-state index in [1.165, 1.54) is 20.8 Å². The SMILES string of the molecule is CCc1cc(OC(F)(F)F)cc2c1OC(C(F)(F)F)C(C(=O)OCOC(=O)OCC(C)(C)CO[N+](=O)[O-])=C2. The smallest absolute Gasteiger partial charge is 0.475 e. The zero-order valence-corrected chi connectivity index (χ0v) is 19.9. The first-order chi connectivity index (χ1) is 17.4. The van der Waals surface area contributed by atoms with Crippen LogP contribution in [0, 0.1) is 15.5 Å². The van der Waals surface area contributed by atoms with Gasteiger partial charge >= 0.3 is 24.7 Å². The molecule has 212 valence electrons. The van der Waals surface area contributed by atoms with Gasteiger partial charge < -0.3 is 28.5 Å². The van der Waals surface area contributed by atoms with Crippen LogP contribution >= 0.6 is 0 Å². The molecule has 17 heteroatoms. The Morgan fingerprint density at radius 3 is 2.26 bits per heavy atom. The van der Waals surface area contributed by atoms with E-state index in [-0.39, 0.29) is 17.5 Å². The summed E-state index contributed by atoms with van der Waals surface area (Å²) in [5, 5.41) is 9.19. The molecular weight excluding hydrogens is 540 g/mol. The van der Waals surface area contributed by atoms with Crippen molar-refractivity contribution in [3.05, 3.63) is 38.9 Å². The Kier molecular flexibility index (Phi) is 9.28. The maximum Gasteiger partial charge on any atom is 0.573 e. The Balaban J connectivity index is 2.14. The third kappa shape index (κ3) is 8.88. The number of halogens is 6. The molecular formula is C21H21F6NO10. The molecule has 0 amide bonds. The van der Waals surface area contributed by atoms with E-state index in [2.05, 4.69) is 23.8 Å². The van der Waals surface area contributed by atoms with Gasteiger partial charge in [-0.25, -0.2) is 9.59 Å². The summed E-state index contributed by atoms with van der Waals surface area (Å²) in [5.74, 6) is -2.79. The molecule has 0 aromatic heterocycles. The summed E-state index contributed by atoms with van der Waals surface area (Å²) in [5.41, 5.74) is -2.51. The van der Waals surface area contributed by atoms with Crippen molar-refractivity contribution in [2.24, 2.45) is 5.41 Å². The number of aryl methyl sites for hydroxylation is 1. The van der Waals surface area contributed by atoms with Gasteiger partial charge in [-0.1, -0.05) is 20.8 Å². The number of esters is 1. The number of hydrogen-bond donors (Lipinski definition) is 0. The Morgan fingerprint density at radius 2 is 1.71 bits per heavy atom. The highest BCUT2D eigenvalue weighted by Crippen LogP contribution is 2.42. The lowest BCUT2D eigenvalue weighted by molar-refractivity contribution is -0.760. The number of ether oxygens (including phenoxy) is 5. The van der Waals surface area contributed by atoms with Gasteiger partial charge in [0.15, 0.2) is 0 Å². The fourth-order valence-electron chi connectivity index (χ4n) is 3.00. The first-order valence-corrected chi connectivity index (χ1v) is 10.5. The van der Waals surface area contributed by atoms with Gasteiger partial charge in [0.2, 0.25) is 12.9 Å². The van der Waals surface area contributed by atoms with Gasteiger partial charge in [0, 0.05) is 11.0 Å². The number of nitrogens with zero attached hydrogens (tertiary/aromatic N) is 1. The summed E-state index contributed by atoms with van der Waals surface area (Å²) in [6, 6.07) is 1.60. The van der Waals surface area contributed by atoms with Crippen molar-refractivity contribution in [3.63, 3.8) is 0 Å². The van der Waals surface area contributed by atoms with Crippen molar-refractivity contribution in [2.45, 2.75) is 45.8 Å². The second-order valence-corrected chi connectivity index (χ2v) is 8.44. The van der Waals surface area contributed by atoms with E-state index in [1.54, 1.807) is 0 Å². The molecule has 1 aliphatic heterocycles. The second kappa shape index (κ2) is 11.6. The minimum absolute atomic E-state index is 0.0273. The van der Waals surface area contributed by atoms with Gasteiger partial charge in [-0.15, -0.1) is 23.3 Å². The number of benzene rings is 1. The third-order valence-electron chi connectivity index (χ3n) is 4.65. The number of hydrogen-bond acceptors (Lipinski definition) is 10. The van der Waals surface area contributed by atoms with E-state index >= 15 is 0 Å². The molecule has 1 aromatic rings. The molecule has 38 heavy (non-hydrogen) atoms. The molecule has 1 unspecified atom stereocenters. The summed E-state index contributed by atoms with van der Waals surface area (Å²) in [6.45, 7) is 2.29. The molecule has 0 radical (unpaired) electrons. The van der Waals surface area contributed by atoms with Crippen LogP contribution in [0.3, 0.4) is 0 Å². The average Bonchev–Trinajstić information content (AvgIpc) is 2.78. The molecule has 0 aliphatic carbocycles. The number of rotatable bonds is 10. The summed E-state index contributed by atoms with van der Waals surface area (Å²) < 4.78 is 101. The van der Waals surface area contributed by atoms with Crippen LogP contribution in [0.15, 0.2) is 17.7 Å². The monoisotopic (exact) mass is 561 g/mol. The van der Waals surface area contributed by atoms with Crippen LogP contribution in [-0.4, -0.2) is 55.9 Å². The van der Waals surface area contributed by atoms with Crippen molar-refractivity contribution in [1.82, 2.24) is 0 Å². The minimum atomic E-state index is -5.13. The fourth-order valence-corrected chi connectivity index (χ4v) is 3.00. The zero-order valence-electron chi connectivity index (χ0n) is 19.9. The lowest BCUT2D eigenvalue weighted by atomic mass is 9.97. The number of carbonyl (C=O) groups excluding carboxylic acids is 2. The molecule has 0 bridgehead atoms. The highest BCUT2D eigenvalue weighted by atomic mass is 19.4. The van der Waals surface area contributed by atoms with Crippen LogP contribution in [0.2, 0.25) is 0 Å².